The Hall–Kier alpha value is -1.54. The Morgan fingerprint density at radius 3 is 2.48 bits per heavy atom. The SMILES string of the molecule is CCCC(=O)O[C@@]12CC(C)C34C=C(C)[C@H](O)[C@@]3(O)[C@H](O)C(CO)=C[C@H](C4=O)[C@@H]1C2(C)C. The van der Waals surface area contributed by atoms with Crippen molar-refractivity contribution in [1.29, 1.82) is 0 Å². The van der Waals surface area contributed by atoms with Crippen LogP contribution in [0.5, 0.6) is 0 Å². The molecule has 4 rings (SSSR count). The van der Waals surface area contributed by atoms with E-state index < -0.39 is 52.7 Å². The number of aliphatic hydroxyl groups is 4. The van der Waals surface area contributed by atoms with Gasteiger partial charge in [-0.2, -0.15) is 0 Å². The average Bonchev–Trinajstić information content (AvgIpc) is 3.10. The fourth-order valence-corrected chi connectivity index (χ4v) is 7.19. The molecule has 0 aromatic heterocycles. The first-order valence-corrected chi connectivity index (χ1v) is 11.2. The summed E-state index contributed by atoms with van der Waals surface area (Å²) in [6.45, 7) is 8.72. The van der Waals surface area contributed by atoms with Crippen LogP contribution in [-0.2, 0) is 14.3 Å². The predicted octanol–water partition coefficient (Wildman–Crippen LogP) is 1.28. The van der Waals surface area contributed by atoms with Crippen molar-refractivity contribution in [1.82, 2.24) is 0 Å². The van der Waals surface area contributed by atoms with E-state index in [4.69, 9.17) is 4.74 Å². The lowest BCUT2D eigenvalue weighted by Crippen LogP contribution is -2.65. The second kappa shape index (κ2) is 6.73. The van der Waals surface area contributed by atoms with E-state index in [2.05, 4.69) is 0 Å². The molecule has 7 nitrogen and oxygen atoms in total. The minimum Gasteiger partial charge on any atom is -0.458 e. The monoisotopic (exact) mass is 434 g/mol. The average molecular weight is 435 g/mol. The molecule has 1 spiro atoms. The van der Waals surface area contributed by atoms with E-state index in [0.717, 1.165) is 0 Å². The molecule has 2 bridgehead atoms. The maximum absolute atomic E-state index is 14.1. The van der Waals surface area contributed by atoms with Crippen LogP contribution in [0.4, 0.5) is 0 Å². The maximum atomic E-state index is 14.1. The molecule has 4 aliphatic rings. The van der Waals surface area contributed by atoms with E-state index in [1.807, 2.05) is 27.7 Å². The van der Waals surface area contributed by atoms with Crippen molar-refractivity contribution < 1.29 is 34.8 Å². The summed E-state index contributed by atoms with van der Waals surface area (Å²) in [5, 5.41) is 43.9. The van der Waals surface area contributed by atoms with Crippen molar-refractivity contribution in [2.24, 2.45) is 28.6 Å². The number of Topliss-reactive ketones (excluding diaryl/α,β-unsaturated/α-hetero) is 1. The predicted molar refractivity (Wildman–Crippen MR) is 112 cm³/mol. The minimum atomic E-state index is -2.20. The van der Waals surface area contributed by atoms with Crippen LogP contribution in [0.25, 0.3) is 0 Å². The number of allylic oxidation sites excluding steroid dienone is 1. The molecule has 8 atom stereocenters. The first kappa shape index (κ1) is 22.6. The molecule has 4 aliphatic carbocycles. The largest absolute Gasteiger partial charge is 0.458 e. The van der Waals surface area contributed by atoms with Crippen molar-refractivity contribution in [2.75, 3.05) is 6.61 Å². The summed E-state index contributed by atoms with van der Waals surface area (Å²) in [6.07, 6.45) is 1.35. The van der Waals surface area contributed by atoms with Gasteiger partial charge in [-0.05, 0) is 36.8 Å². The first-order chi connectivity index (χ1) is 14.4. The zero-order valence-electron chi connectivity index (χ0n) is 18.9. The fraction of sp³-hybridized carbons (Fsp3) is 0.750. The third-order valence-corrected chi connectivity index (χ3v) is 8.80. The Morgan fingerprint density at radius 1 is 1.26 bits per heavy atom. The Morgan fingerprint density at radius 2 is 1.90 bits per heavy atom. The Bertz CT molecular complexity index is 888. The Labute approximate surface area is 182 Å². The lowest BCUT2D eigenvalue weighted by Gasteiger charge is -2.48. The number of carbonyl (C=O) groups excluding carboxylic acids is 2. The van der Waals surface area contributed by atoms with Crippen molar-refractivity contribution in [3.63, 3.8) is 0 Å². The first-order valence-electron chi connectivity index (χ1n) is 11.2. The van der Waals surface area contributed by atoms with Crippen LogP contribution in [0, 0.1) is 28.6 Å². The number of esters is 1. The van der Waals surface area contributed by atoms with Crippen molar-refractivity contribution in [3.8, 4) is 0 Å². The van der Waals surface area contributed by atoms with Crippen LogP contribution in [0.3, 0.4) is 0 Å². The van der Waals surface area contributed by atoms with Gasteiger partial charge in [0, 0.05) is 23.7 Å². The molecule has 0 amide bonds. The lowest BCUT2D eigenvalue weighted by molar-refractivity contribution is -0.191. The van der Waals surface area contributed by atoms with Gasteiger partial charge in [-0.1, -0.05) is 39.8 Å². The van der Waals surface area contributed by atoms with E-state index in [1.54, 1.807) is 19.1 Å². The molecular weight excluding hydrogens is 400 g/mol. The van der Waals surface area contributed by atoms with Gasteiger partial charge in [-0.15, -0.1) is 0 Å². The van der Waals surface area contributed by atoms with E-state index in [9.17, 15) is 30.0 Å². The molecule has 31 heavy (non-hydrogen) atoms. The van der Waals surface area contributed by atoms with E-state index in [0.29, 0.717) is 18.4 Å². The minimum absolute atomic E-state index is 0.107. The maximum Gasteiger partial charge on any atom is 0.306 e. The van der Waals surface area contributed by atoms with Crippen LogP contribution in [0.1, 0.15) is 53.9 Å². The number of hydrogen-bond donors (Lipinski definition) is 4. The van der Waals surface area contributed by atoms with Crippen molar-refractivity contribution in [3.05, 3.63) is 23.3 Å². The number of carbonyl (C=O) groups is 2. The highest BCUT2D eigenvalue weighted by Crippen LogP contribution is 2.75. The van der Waals surface area contributed by atoms with Crippen LogP contribution in [0.15, 0.2) is 23.3 Å². The van der Waals surface area contributed by atoms with Gasteiger partial charge < -0.3 is 25.2 Å². The van der Waals surface area contributed by atoms with Gasteiger partial charge >= 0.3 is 5.97 Å². The topological polar surface area (TPSA) is 124 Å². The standard InChI is InChI=1S/C24H34O7/c1-6-7-16(26)31-23-10-13(3)22-9-12(2)18(27)24(22,30)19(28)14(11-25)8-15(20(22)29)17(23)21(23,4)5/h8-9,13,15,17-19,25,27-28,30H,6-7,10-11H2,1-5H3/t13?,15-,17+,18-,19+,22?,23-,24+/m0/s1. The summed E-state index contributed by atoms with van der Waals surface area (Å²) >= 11 is 0. The zero-order valence-corrected chi connectivity index (χ0v) is 18.9. The van der Waals surface area contributed by atoms with Crippen LogP contribution in [-0.4, -0.2) is 62.2 Å². The second-order valence-corrected chi connectivity index (χ2v) is 10.6. The zero-order chi connectivity index (χ0) is 23.1. The summed E-state index contributed by atoms with van der Waals surface area (Å²) in [6, 6.07) is 0. The summed E-state index contributed by atoms with van der Waals surface area (Å²) < 4.78 is 6.07. The van der Waals surface area contributed by atoms with Gasteiger partial charge in [-0.25, -0.2) is 0 Å². The van der Waals surface area contributed by atoms with Gasteiger partial charge in [0.15, 0.2) is 5.78 Å². The number of hydrogen-bond acceptors (Lipinski definition) is 7. The van der Waals surface area contributed by atoms with Crippen LogP contribution >= 0.6 is 0 Å². The highest BCUT2D eigenvalue weighted by molar-refractivity contribution is 5.95. The van der Waals surface area contributed by atoms with E-state index >= 15 is 0 Å². The van der Waals surface area contributed by atoms with Gasteiger partial charge in [0.1, 0.15) is 23.4 Å². The van der Waals surface area contributed by atoms with Crippen LogP contribution < -0.4 is 0 Å². The molecule has 4 N–H and O–H groups in total. The molecule has 2 fully saturated rings. The van der Waals surface area contributed by atoms with Gasteiger partial charge in [0.25, 0.3) is 0 Å². The molecule has 2 saturated carbocycles. The number of rotatable bonds is 4. The summed E-state index contributed by atoms with van der Waals surface area (Å²) in [7, 11) is 0. The molecule has 0 saturated heterocycles. The van der Waals surface area contributed by atoms with Gasteiger partial charge in [0.05, 0.1) is 12.0 Å². The van der Waals surface area contributed by atoms with Crippen molar-refractivity contribution >= 4 is 11.8 Å². The molecule has 7 heteroatoms. The molecule has 2 unspecified atom stereocenters. The molecule has 0 radical (unpaired) electrons. The third kappa shape index (κ3) is 2.44. The smallest absolute Gasteiger partial charge is 0.306 e. The summed E-state index contributed by atoms with van der Waals surface area (Å²) in [4.78, 5) is 26.7. The number of ketones is 1. The summed E-state index contributed by atoms with van der Waals surface area (Å²) in [5.74, 6) is -2.26. The highest BCUT2D eigenvalue weighted by Gasteiger charge is 2.83. The van der Waals surface area contributed by atoms with Gasteiger partial charge in [-0.3, -0.25) is 9.59 Å². The normalized spacial score (nSPS) is 47.4. The molecule has 0 aromatic rings. The molecule has 0 aliphatic heterocycles. The second-order valence-electron chi connectivity index (χ2n) is 10.6. The molecule has 0 heterocycles. The molecular formula is C24H34O7. The quantitative estimate of drug-likeness (QED) is 0.388. The summed E-state index contributed by atoms with van der Waals surface area (Å²) in [5.41, 5.74) is -4.62. The number of aliphatic hydroxyl groups excluding tert-OH is 3. The highest BCUT2D eigenvalue weighted by atomic mass is 16.6. The van der Waals surface area contributed by atoms with E-state index in [1.165, 1.54) is 0 Å². The van der Waals surface area contributed by atoms with E-state index in [-0.39, 0.29) is 29.7 Å². The Kier molecular flexibility index (Phi) is 4.92. The lowest BCUT2D eigenvalue weighted by atomic mass is 9.59. The fourth-order valence-electron chi connectivity index (χ4n) is 7.19. The number of ether oxygens (including phenoxy) is 1. The molecule has 0 aromatic carbocycles. The van der Waals surface area contributed by atoms with Gasteiger partial charge in [0.2, 0.25) is 0 Å². The number of fused-ring (bicyclic) bond motifs is 3. The Balaban J connectivity index is 1.94. The third-order valence-electron chi connectivity index (χ3n) is 8.80. The van der Waals surface area contributed by atoms with Crippen molar-refractivity contribution in [2.45, 2.75) is 77.3 Å². The van der Waals surface area contributed by atoms with Crippen LogP contribution in [0.2, 0.25) is 0 Å². The molecule has 172 valence electrons.